The highest BCUT2D eigenvalue weighted by Crippen LogP contribution is 2.30. The highest BCUT2D eigenvalue weighted by molar-refractivity contribution is 5.55. The van der Waals surface area contributed by atoms with E-state index in [4.69, 9.17) is 14.6 Å². The Morgan fingerprint density at radius 1 is 0.848 bits per heavy atom. The summed E-state index contributed by atoms with van der Waals surface area (Å²) in [5.74, 6) is 2.85. The molecule has 0 saturated carbocycles. The van der Waals surface area contributed by atoms with E-state index in [1.165, 1.54) is 24.0 Å². The van der Waals surface area contributed by atoms with E-state index in [9.17, 15) is 0 Å². The first kappa shape index (κ1) is 21.1. The van der Waals surface area contributed by atoms with Crippen LogP contribution in [-0.4, -0.2) is 23.4 Å². The van der Waals surface area contributed by atoms with Gasteiger partial charge in [-0.2, -0.15) is 5.10 Å². The molecule has 0 unspecified atom stereocenters. The summed E-state index contributed by atoms with van der Waals surface area (Å²) < 4.78 is 13.3. The molecule has 0 radical (unpaired) electrons. The number of ether oxygens (including phenoxy) is 2. The maximum Gasteiger partial charge on any atom is 0.133 e. The van der Waals surface area contributed by atoms with Crippen molar-refractivity contribution in [1.29, 1.82) is 0 Å². The molecule has 1 aliphatic heterocycles. The fourth-order valence-corrected chi connectivity index (χ4v) is 4.26. The first-order valence-electron chi connectivity index (χ1n) is 11.5. The second-order valence-corrected chi connectivity index (χ2v) is 8.36. The second-order valence-electron chi connectivity index (χ2n) is 8.36. The van der Waals surface area contributed by atoms with Crippen molar-refractivity contribution < 1.29 is 9.47 Å². The molecule has 1 aliphatic rings. The van der Waals surface area contributed by atoms with Crippen LogP contribution < -0.4 is 14.8 Å². The molecule has 0 bridgehead atoms. The molecule has 33 heavy (non-hydrogen) atoms. The van der Waals surface area contributed by atoms with Gasteiger partial charge in [-0.05, 0) is 66.8 Å². The molecule has 2 heterocycles. The molecule has 0 spiro atoms. The van der Waals surface area contributed by atoms with Crippen molar-refractivity contribution in [3.63, 3.8) is 0 Å². The average molecular weight is 440 g/mol. The standard InChI is InChI=1S/C28H29N3O2/c1-32-24-14-10-21(11-15-24)19-27-26-9-5-6-18-29-28(26)31(30-27)23-12-16-25(17-13-23)33-20-22-7-3-2-4-8-22/h2-4,7-8,10-17,29H,5-6,9,18-20H2,1H3. The van der Waals surface area contributed by atoms with Crippen LogP contribution >= 0.6 is 0 Å². The molecule has 3 aromatic carbocycles. The number of nitrogens with zero attached hydrogens (tertiary/aromatic N) is 2. The first-order chi connectivity index (χ1) is 16.3. The number of nitrogens with one attached hydrogen (secondary N) is 1. The zero-order valence-electron chi connectivity index (χ0n) is 19.0. The summed E-state index contributed by atoms with van der Waals surface area (Å²) in [6.07, 6.45) is 4.20. The quantitative estimate of drug-likeness (QED) is 0.395. The normalized spacial score (nSPS) is 13.0. The van der Waals surface area contributed by atoms with Gasteiger partial charge in [-0.3, -0.25) is 0 Å². The Bertz CT molecular complexity index is 1180. The third-order valence-corrected chi connectivity index (χ3v) is 6.07. The zero-order chi connectivity index (χ0) is 22.5. The van der Waals surface area contributed by atoms with Crippen LogP contribution in [0.1, 0.15) is 35.2 Å². The van der Waals surface area contributed by atoms with E-state index >= 15 is 0 Å². The van der Waals surface area contributed by atoms with Crippen molar-refractivity contribution in [3.8, 4) is 17.2 Å². The Balaban J connectivity index is 1.39. The lowest BCUT2D eigenvalue weighted by Crippen LogP contribution is -2.07. The summed E-state index contributed by atoms with van der Waals surface area (Å²) in [4.78, 5) is 0. The predicted molar refractivity (Wildman–Crippen MR) is 132 cm³/mol. The minimum Gasteiger partial charge on any atom is -0.497 e. The van der Waals surface area contributed by atoms with E-state index in [0.717, 1.165) is 53.6 Å². The summed E-state index contributed by atoms with van der Waals surface area (Å²) in [5.41, 5.74) is 5.89. The lowest BCUT2D eigenvalue weighted by Gasteiger charge is -2.11. The maximum atomic E-state index is 5.96. The lowest BCUT2D eigenvalue weighted by molar-refractivity contribution is 0.306. The minimum atomic E-state index is 0.560. The smallest absolute Gasteiger partial charge is 0.133 e. The predicted octanol–water partition coefficient (Wildman–Crippen LogP) is 5.80. The zero-order valence-corrected chi connectivity index (χ0v) is 19.0. The minimum absolute atomic E-state index is 0.560. The van der Waals surface area contributed by atoms with Crippen molar-refractivity contribution in [2.24, 2.45) is 0 Å². The van der Waals surface area contributed by atoms with Gasteiger partial charge in [0.2, 0.25) is 0 Å². The molecule has 0 fully saturated rings. The Hall–Kier alpha value is -3.73. The Kier molecular flexibility index (Phi) is 6.29. The summed E-state index contributed by atoms with van der Waals surface area (Å²) in [6.45, 7) is 1.53. The maximum absolute atomic E-state index is 5.96. The van der Waals surface area contributed by atoms with E-state index in [-0.39, 0.29) is 0 Å². The molecular weight excluding hydrogens is 410 g/mol. The van der Waals surface area contributed by atoms with Gasteiger partial charge in [0.05, 0.1) is 18.5 Å². The van der Waals surface area contributed by atoms with Gasteiger partial charge in [0.1, 0.15) is 23.9 Å². The molecule has 1 N–H and O–H groups in total. The van der Waals surface area contributed by atoms with Crippen LogP contribution in [0.4, 0.5) is 5.82 Å². The van der Waals surface area contributed by atoms with Crippen molar-refractivity contribution in [3.05, 3.63) is 101 Å². The molecule has 1 aromatic heterocycles. The topological polar surface area (TPSA) is 48.3 Å². The number of rotatable bonds is 7. The van der Waals surface area contributed by atoms with Crippen LogP contribution in [0, 0.1) is 0 Å². The van der Waals surface area contributed by atoms with Gasteiger partial charge in [0.25, 0.3) is 0 Å². The van der Waals surface area contributed by atoms with Crippen LogP contribution in [-0.2, 0) is 19.4 Å². The number of fused-ring (bicyclic) bond motifs is 1. The van der Waals surface area contributed by atoms with Gasteiger partial charge in [0, 0.05) is 18.5 Å². The van der Waals surface area contributed by atoms with Crippen LogP contribution in [0.2, 0.25) is 0 Å². The molecule has 5 heteroatoms. The van der Waals surface area contributed by atoms with Crippen molar-refractivity contribution >= 4 is 5.82 Å². The second kappa shape index (κ2) is 9.82. The van der Waals surface area contributed by atoms with Crippen LogP contribution in [0.15, 0.2) is 78.9 Å². The molecule has 0 amide bonds. The Labute approximate surface area is 195 Å². The number of aromatic nitrogens is 2. The Morgan fingerprint density at radius 2 is 1.61 bits per heavy atom. The summed E-state index contributed by atoms with van der Waals surface area (Å²) >= 11 is 0. The van der Waals surface area contributed by atoms with Crippen molar-refractivity contribution in [1.82, 2.24) is 9.78 Å². The molecule has 0 aliphatic carbocycles. The first-order valence-corrected chi connectivity index (χ1v) is 11.5. The van der Waals surface area contributed by atoms with E-state index < -0.39 is 0 Å². The fourth-order valence-electron chi connectivity index (χ4n) is 4.26. The van der Waals surface area contributed by atoms with E-state index in [1.807, 2.05) is 42.5 Å². The summed E-state index contributed by atoms with van der Waals surface area (Å²) in [6, 6.07) is 26.7. The fraction of sp³-hybridized carbons (Fsp3) is 0.250. The SMILES string of the molecule is COc1ccc(Cc2nn(-c3ccc(OCc4ccccc4)cc3)c3c2CCCCN3)cc1. The van der Waals surface area contributed by atoms with Gasteiger partial charge in [0.15, 0.2) is 0 Å². The molecule has 5 rings (SSSR count). The van der Waals surface area contributed by atoms with Gasteiger partial charge >= 0.3 is 0 Å². The number of hydrogen-bond acceptors (Lipinski definition) is 4. The Morgan fingerprint density at radius 3 is 2.36 bits per heavy atom. The average Bonchev–Trinajstić information content (AvgIpc) is 3.03. The van der Waals surface area contributed by atoms with E-state index in [0.29, 0.717) is 6.61 Å². The third-order valence-electron chi connectivity index (χ3n) is 6.07. The van der Waals surface area contributed by atoms with Gasteiger partial charge < -0.3 is 14.8 Å². The molecule has 5 nitrogen and oxygen atoms in total. The molecule has 0 saturated heterocycles. The third kappa shape index (κ3) is 4.87. The molecule has 0 atom stereocenters. The lowest BCUT2D eigenvalue weighted by atomic mass is 10.0. The van der Waals surface area contributed by atoms with Crippen molar-refractivity contribution in [2.75, 3.05) is 19.0 Å². The number of hydrogen-bond donors (Lipinski definition) is 1. The van der Waals surface area contributed by atoms with Crippen LogP contribution in [0.5, 0.6) is 11.5 Å². The van der Waals surface area contributed by atoms with Gasteiger partial charge in [-0.25, -0.2) is 4.68 Å². The summed E-state index contributed by atoms with van der Waals surface area (Å²) in [7, 11) is 1.69. The number of methoxy groups -OCH3 is 1. The van der Waals surface area contributed by atoms with Gasteiger partial charge in [-0.15, -0.1) is 0 Å². The highest BCUT2D eigenvalue weighted by Gasteiger charge is 2.21. The van der Waals surface area contributed by atoms with Gasteiger partial charge in [-0.1, -0.05) is 42.5 Å². The van der Waals surface area contributed by atoms with E-state index in [2.05, 4.69) is 46.4 Å². The molecular formula is C28H29N3O2. The monoisotopic (exact) mass is 439 g/mol. The highest BCUT2D eigenvalue weighted by atomic mass is 16.5. The molecule has 4 aromatic rings. The number of anilines is 1. The number of benzene rings is 3. The molecule has 168 valence electrons. The van der Waals surface area contributed by atoms with E-state index in [1.54, 1.807) is 7.11 Å². The van der Waals surface area contributed by atoms with Crippen LogP contribution in [0.3, 0.4) is 0 Å². The van der Waals surface area contributed by atoms with Crippen molar-refractivity contribution in [2.45, 2.75) is 32.3 Å². The largest absolute Gasteiger partial charge is 0.497 e. The van der Waals surface area contributed by atoms with Crippen LogP contribution in [0.25, 0.3) is 5.69 Å². The summed E-state index contributed by atoms with van der Waals surface area (Å²) in [5, 5.41) is 8.67.